The van der Waals surface area contributed by atoms with Gasteiger partial charge in [-0.3, -0.25) is 14.5 Å². The van der Waals surface area contributed by atoms with Gasteiger partial charge in [-0.25, -0.2) is 9.07 Å². The summed E-state index contributed by atoms with van der Waals surface area (Å²) in [5.74, 6) is -0.264. The molecule has 2 aliphatic heterocycles. The van der Waals surface area contributed by atoms with Crippen molar-refractivity contribution in [2.75, 3.05) is 59.0 Å². The van der Waals surface area contributed by atoms with E-state index in [1.807, 2.05) is 11.8 Å². The summed E-state index contributed by atoms with van der Waals surface area (Å²) in [7, 11) is 0. The molecule has 2 fully saturated rings. The number of morpholine rings is 1. The Morgan fingerprint density at radius 1 is 1.00 bits per heavy atom. The van der Waals surface area contributed by atoms with Gasteiger partial charge in [0.15, 0.2) is 0 Å². The Bertz CT molecular complexity index is 900. The van der Waals surface area contributed by atoms with E-state index in [0.29, 0.717) is 70.3 Å². The first-order valence-electron chi connectivity index (χ1n) is 10.2. The van der Waals surface area contributed by atoms with Gasteiger partial charge in [-0.1, -0.05) is 0 Å². The Kier molecular flexibility index (Phi) is 6.10. The third kappa shape index (κ3) is 4.36. The zero-order chi connectivity index (χ0) is 21.1. The van der Waals surface area contributed by atoms with E-state index >= 15 is 0 Å². The average Bonchev–Trinajstić information content (AvgIpc) is 3.16. The van der Waals surface area contributed by atoms with E-state index in [9.17, 15) is 14.0 Å². The molecule has 9 heteroatoms. The van der Waals surface area contributed by atoms with Crippen LogP contribution in [-0.4, -0.2) is 95.3 Å². The first-order chi connectivity index (χ1) is 14.5. The van der Waals surface area contributed by atoms with Crippen molar-refractivity contribution in [2.45, 2.75) is 6.92 Å². The highest BCUT2D eigenvalue weighted by atomic mass is 19.1. The maximum atomic E-state index is 13.2. The number of carbonyl (C=O) groups is 2. The molecular weight excluding hydrogens is 389 g/mol. The fourth-order valence-electron chi connectivity index (χ4n) is 3.85. The number of ether oxygens (including phenoxy) is 1. The highest BCUT2D eigenvalue weighted by Crippen LogP contribution is 2.17. The smallest absolute Gasteiger partial charge is 0.257 e. The summed E-state index contributed by atoms with van der Waals surface area (Å²) in [4.78, 5) is 31.2. The highest BCUT2D eigenvalue weighted by molar-refractivity contribution is 5.95. The molecule has 0 radical (unpaired) electrons. The van der Waals surface area contributed by atoms with Crippen LogP contribution < -0.4 is 0 Å². The third-order valence-corrected chi connectivity index (χ3v) is 5.69. The van der Waals surface area contributed by atoms with Crippen molar-refractivity contribution in [1.29, 1.82) is 0 Å². The molecule has 1 aromatic heterocycles. The van der Waals surface area contributed by atoms with E-state index in [0.717, 1.165) is 5.69 Å². The molecule has 2 amide bonds. The average molecular weight is 415 g/mol. The largest absolute Gasteiger partial charge is 0.378 e. The first kappa shape index (κ1) is 20.5. The van der Waals surface area contributed by atoms with Gasteiger partial charge in [0.1, 0.15) is 5.82 Å². The van der Waals surface area contributed by atoms with Gasteiger partial charge in [0.25, 0.3) is 5.91 Å². The number of amides is 2. The van der Waals surface area contributed by atoms with Crippen LogP contribution >= 0.6 is 0 Å². The molecule has 0 bridgehead atoms. The van der Waals surface area contributed by atoms with E-state index < -0.39 is 0 Å². The van der Waals surface area contributed by atoms with E-state index in [4.69, 9.17) is 4.74 Å². The van der Waals surface area contributed by atoms with Gasteiger partial charge in [0, 0.05) is 39.3 Å². The van der Waals surface area contributed by atoms with Gasteiger partial charge in [0.2, 0.25) is 5.91 Å². The Hall–Kier alpha value is -2.78. The maximum Gasteiger partial charge on any atom is 0.257 e. The fourth-order valence-corrected chi connectivity index (χ4v) is 3.85. The monoisotopic (exact) mass is 415 g/mol. The van der Waals surface area contributed by atoms with Crippen LogP contribution in [0.25, 0.3) is 5.69 Å². The topological polar surface area (TPSA) is 70.9 Å². The van der Waals surface area contributed by atoms with Crippen LogP contribution in [0.4, 0.5) is 4.39 Å². The number of hydrogen-bond donors (Lipinski definition) is 0. The molecule has 0 spiro atoms. The number of aromatic nitrogens is 2. The molecule has 0 atom stereocenters. The molecule has 2 aliphatic rings. The lowest BCUT2D eigenvalue weighted by Crippen LogP contribution is -2.52. The fraction of sp³-hybridized carbons (Fsp3) is 0.476. The summed E-state index contributed by atoms with van der Waals surface area (Å²) in [6.07, 6.45) is 1.56. The number of carbonyl (C=O) groups excluding carboxylic acids is 2. The minimum atomic E-state index is -0.315. The van der Waals surface area contributed by atoms with Gasteiger partial charge in [0.05, 0.1) is 42.9 Å². The lowest BCUT2D eigenvalue weighted by Gasteiger charge is -2.36. The van der Waals surface area contributed by atoms with Gasteiger partial charge in [-0.05, 0) is 31.2 Å². The molecule has 3 heterocycles. The summed E-state index contributed by atoms with van der Waals surface area (Å²) in [5, 5.41) is 4.31. The minimum absolute atomic E-state index is 0.0694. The van der Waals surface area contributed by atoms with Crippen LogP contribution in [-0.2, 0) is 9.53 Å². The number of rotatable bonds is 4. The van der Waals surface area contributed by atoms with E-state index in [1.54, 1.807) is 27.9 Å². The normalized spacial score (nSPS) is 17.9. The van der Waals surface area contributed by atoms with Crippen LogP contribution in [0.3, 0.4) is 0 Å². The molecule has 160 valence electrons. The second-order valence-corrected chi connectivity index (χ2v) is 7.59. The predicted octanol–water partition coefficient (Wildman–Crippen LogP) is 0.936. The van der Waals surface area contributed by atoms with Crippen molar-refractivity contribution in [3.8, 4) is 5.69 Å². The Morgan fingerprint density at radius 3 is 2.33 bits per heavy atom. The van der Waals surface area contributed by atoms with Gasteiger partial charge < -0.3 is 14.5 Å². The molecule has 1 aromatic carbocycles. The second-order valence-electron chi connectivity index (χ2n) is 7.59. The van der Waals surface area contributed by atoms with Crippen molar-refractivity contribution >= 4 is 11.8 Å². The van der Waals surface area contributed by atoms with Crippen molar-refractivity contribution in [2.24, 2.45) is 0 Å². The van der Waals surface area contributed by atoms with Crippen LogP contribution in [0.1, 0.15) is 16.1 Å². The third-order valence-electron chi connectivity index (χ3n) is 5.69. The standard InChI is InChI=1S/C21H26FN5O3/c1-16-19(14-23-27(16)18-4-2-17(22)3-5-18)21(29)26-8-6-24(7-9-26)15-20(28)25-10-12-30-13-11-25/h2-5,14H,6-13,15H2,1H3. The summed E-state index contributed by atoms with van der Waals surface area (Å²) in [5.41, 5.74) is 1.97. The summed E-state index contributed by atoms with van der Waals surface area (Å²) >= 11 is 0. The van der Waals surface area contributed by atoms with Gasteiger partial charge in [-0.2, -0.15) is 5.10 Å². The zero-order valence-electron chi connectivity index (χ0n) is 17.1. The first-order valence-corrected chi connectivity index (χ1v) is 10.2. The Labute approximate surface area is 174 Å². The van der Waals surface area contributed by atoms with E-state index in [2.05, 4.69) is 10.00 Å². The SMILES string of the molecule is Cc1c(C(=O)N2CCN(CC(=O)N3CCOCC3)CC2)cnn1-c1ccc(F)cc1. The number of hydrogen-bond acceptors (Lipinski definition) is 5. The molecular formula is C21H26FN5O3. The lowest BCUT2D eigenvalue weighted by atomic mass is 10.2. The summed E-state index contributed by atoms with van der Waals surface area (Å²) in [6, 6.07) is 6.01. The lowest BCUT2D eigenvalue weighted by molar-refractivity contribution is -0.136. The number of benzene rings is 1. The van der Waals surface area contributed by atoms with Crippen LogP contribution in [0.5, 0.6) is 0 Å². The zero-order valence-corrected chi connectivity index (χ0v) is 17.1. The quantitative estimate of drug-likeness (QED) is 0.743. The van der Waals surface area contributed by atoms with Crippen LogP contribution in [0, 0.1) is 12.7 Å². The number of halogens is 1. The molecule has 2 saturated heterocycles. The predicted molar refractivity (Wildman–Crippen MR) is 108 cm³/mol. The number of nitrogens with zero attached hydrogens (tertiary/aromatic N) is 5. The van der Waals surface area contributed by atoms with Crippen molar-refractivity contribution in [3.63, 3.8) is 0 Å². The van der Waals surface area contributed by atoms with Crippen LogP contribution in [0.15, 0.2) is 30.5 Å². The summed E-state index contributed by atoms with van der Waals surface area (Å²) in [6.45, 7) is 7.15. The van der Waals surface area contributed by atoms with E-state index in [1.165, 1.54) is 12.1 Å². The minimum Gasteiger partial charge on any atom is -0.378 e. The molecule has 0 N–H and O–H groups in total. The van der Waals surface area contributed by atoms with E-state index in [-0.39, 0.29) is 17.6 Å². The maximum absolute atomic E-state index is 13.2. The van der Waals surface area contributed by atoms with Gasteiger partial charge in [-0.15, -0.1) is 0 Å². The molecule has 0 aliphatic carbocycles. The Morgan fingerprint density at radius 2 is 1.67 bits per heavy atom. The molecule has 0 unspecified atom stereocenters. The molecule has 8 nitrogen and oxygen atoms in total. The van der Waals surface area contributed by atoms with Crippen molar-refractivity contribution < 1.29 is 18.7 Å². The molecule has 2 aromatic rings. The number of piperazine rings is 1. The highest BCUT2D eigenvalue weighted by Gasteiger charge is 2.27. The Balaban J connectivity index is 1.34. The van der Waals surface area contributed by atoms with Crippen molar-refractivity contribution in [1.82, 2.24) is 24.5 Å². The molecule has 0 saturated carbocycles. The second kappa shape index (κ2) is 8.93. The van der Waals surface area contributed by atoms with Gasteiger partial charge >= 0.3 is 0 Å². The van der Waals surface area contributed by atoms with Crippen LogP contribution in [0.2, 0.25) is 0 Å². The molecule has 30 heavy (non-hydrogen) atoms. The molecule has 4 rings (SSSR count). The van der Waals surface area contributed by atoms with Crippen molar-refractivity contribution in [3.05, 3.63) is 47.5 Å². The summed E-state index contributed by atoms with van der Waals surface area (Å²) < 4.78 is 20.1.